The highest BCUT2D eigenvalue weighted by molar-refractivity contribution is 7.98. The zero-order valence-electron chi connectivity index (χ0n) is 14.2. The molecule has 0 radical (unpaired) electrons. The standard InChI is InChI=1S/C21H17NO2S2/c1-14-16-6-2-4-8-18(16)24-20(14)21(23)22-17-7-3-5-9-19(17)26-13-15-10-11-25-12-15/h2-12H,13H2,1H3,(H,22,23). The van der Waals surface area contributed by atoms with Gasteiger partial charge in [0.1, 0.15) is 5.58 Å². The number of thioether (sulfide) groups is 1. The first-order valence-corrected chi connectivity index (χ1v) is 10.2. The molecule has 0 saturated heterocycles. The molecule has 0 spiro atoms. The fourth-order valence-electron chi connectivity index (χ4n) is 2.80. The minimum absolute atomic E-state index is 0.220. The lowest BCUT2D eigenvalue weighted by Gasteiger charge is -2.10. The molecule has 0 aliphatic heterocycles. The van der Waals surface area contributed by atoms with Crippen LogP contribution in [-0.4, -0.2) is 5.91 Å². The maximum absolute atomic E-state index is 12.8. The van der Waals surface area contributed by atoms with Gasteiger partial charge in [-0.2, -0.15) is 11.3 Å². The Labute approximate surface area is 160 Å². The molecule has 1 amide bonds. The quantitative estimate of drug-likeness (QED) is 0.411. The SMILES string of the molecule is Cc1c(C(=O)Nc2ccccc2SCc2ccsc2)oc2ccccc12. The van der Waals surface area contributed by atoms with E-state index in [1.54, 1.807) is 23.1 Å². The summed E-state index contributed by atoms with van der Waals surface area (Å²) in [6, 6.07) is 17.7. The van der Waals surface area contributed by atoms with Crippen LogP contribution in [0.25, 0.3) is 11.0 Å². The minimum Gasteiger partial charge on any atom is -0.451 e. The average molecular weight is 380 g/mol. The first kappa shape index (κ1) is 16.9. The van der Waals surface area contributed by atoms with E-state index >= 15 is 0 Å². The molecule has 0 bridgehead atoms. The number of carbonyl (C=O) groups excluding carboxylic acids is 1. The van der Waals surface area contributed by atoms with E-state index in [1.807, 2.05) is 55.5 Å². The van der Waals surface area contributed by atoms with Gasteiger partial charge in [-0.25, -0.2) is 0 Å². The number of rotatable bonds is 5. The first-order valence-electron chi connectivity index (χ1n) is 8.25. The number of thiophene rings is 1. The second kappa shape index (κ2) is 7.40. The highest BCUT2D eigenvalue weighted by atomic mass is 32.2. The molecule has 3 nitrogen and oxygen atoms in total. The Morgan fingerprint density at radius 1 is 1.12 bits per heavy atom. The maximum Gasteiger partial charge on any atom is 0.291 e. The van der Waals surface area contributed by atoms with Gasteiger partial charge in [-0.05, 0) is 47.5 Å². The number of carbonyl (C=O) groups is 1. The van der Waals surface area contributed by atoms with E-state index in [0.29, 0.717) is 5.76 Å². The van der Waals surface area contributed by atoms with Gasteiger partial charge in [0.2, 0.25) is 0 Å². The molecule has 0 unspecified atom stereocenters. The lowest BCUT2D eigenvalue weighted by molar-refractivity contribution is 0.0997. The topological polar surface area (TPSA) is 42.2 Å². The Balaban J connectivity index is 1.56. The molecule has 4 rings (SSSR count). The van der Waals surface area contributed by atoms with Gasteiger partial charge in [-0.3, -0.25) is 4.79 Å². The molecule has 2 aromatic carbocycles. The average Bonchev–Trinajstić information content (AvgIpc) is 3.29. The van der Waals surface area contributed by atoms with Gasteiger partial charge in [0, 0.05) is 21.6 Å². The third-order valence-electron chi connectivity index (χ3n) is 4.16. The number of aryl methyl sites for hydroxylation is 1. The Bertz CT molecular complexity index is 1050. The molecule has 4 aromatic rings. The maximum atomic E-state index is 12.8. The lowest BCUT2D eigenvalue weighted by atomic mass is 10.1. The molecular weight excluding hydrogens is 362 g/mol. The van der Waals surface area contributed by atoms with Gasteiger partial charge in [-0.1, -0.05) is 30.3 Å². The van der Waals surface area contributed by atoms with Crippen molar-refractivity contribution in [2.75, 3.05) is 5.32 Å². The van der Waals surface area contributed by atoms with Crippen molar-refractivity contribution >= 4 is 45.7 Å². The van der Waals surface area contributed by atoms with Crippen LogP contribution in [0.1, 0.15) is 21.7 Å². The van der Waals surface area contributed by atoms with Crippen molar-refractivity contribution in [1.82, 2.24) is 0 Å². The fourth-order valence-corrected chi connectivity index (χ4v) is 4.53. The molecule has 0 aliphatic carbocycles. The second-order valence-corrected chi connectivity index (χ2v) is 7.72. The third kappa shape index (κ3) is 3.41. The number of amides is 1. The summed E-state index contributed by atoms with van der Waals surface area (Å²) in [6.07, 6.45) is 0. The molecule has 2 aromatic heterocycles. The number of anilines is 1. The predicted octanol–water partition coefficient (Wildman–Crippen LogP) is 6.35. The van der Waals surface area contributed by atoms with E-state index in [4.69, 9.17) is 4.42 Å². The zero-order chi connectivity index (χ0) is 17.9. The third-order valence-corrected chi connectivity index (χ3v) is 6.04. The smallest absolute Gasteiger partial charge is 0.291 e. The lowest BCUT2D eigenvalue weighted by Crippen LogP contribution is -2.12. The molecule has 0 atom stereocenters. The van der Waals surface area contributed by atoms with Crippen molar-refractivity contribution in [2.45, 2.75) is 17.6 Å². The molecule has 0 fully saturated rings. The van der Waals surface area contributed by atoms with Gasteiger partial charge < -0.3 is 9.73 Å². The summed E-state index contributed by atoms with van der Waals surface area (Å²) in [6.45, 7) is 1.91. The first-order chi connectivity index (χ1) is 12.7. The number of furan rings is 1. The summed E-state index contributed by atoms with van der Waals surface area (Å²) in [5, 5.41) is 8.20. The molecule has 0 saturated carbocycles. The number of benzene rings is 2. The van der Waals surface area contributed by atoms with Crippen LogP contribution in [0.4, 0.5) is 5.69 Å². The second-order valence-electron chi connectivity index (χ2n) is 5.92. The normalized spacial score (nSPS) is 11.0. The largest absolute Gasteiger partial charge is 0.451 e. The van der Waals surface area contributed by atoms with E-state index in [-0.39, 0.29) is 5.91 Å². The highest BCUT2D eigenvalue weighted by Crippen LogP contribution is 2.31. The summed E-state index contributed by atoms with van der Waals surface area (Å²) in [5.74, 6) is 1.02. The van der Waals surface area contributed by atoms with Gasteiger partial charge >= 0.3 is 0 Å². The number of nitrogens with one attached hydrogen (secondary N) is 1. The number of hydrogen-bond acceptors (Lipinski definition) is 4. The van der Waals surface area contributed by atoms with Crippen molar-refractivity contribution in [3.05, 3.63) is 82.2 Å². The van der Waals surface area contributed by atoms with Crippen LogP contribution in [0.15, 0.2) is 74.7 Å². The zero-order valence-corrected chi connectivity index (χ0v) is 15.8. The van der Waals surface area contributed by atoms with Crippen molar-refractivity contribution < 1.29 is 9.21 Å². The van der Waals surface area contributed by atoms with Crippen LogP contribution in [-0.2, 0) is 5.75 Å². The monoisotopic (exact) mass is 379 g/mol. The fraction of sp³-hybridized carbons (Fsp3) is 0.0952. The van der Waals surface area contributed by atoms with Crippen LogP contribution in [0, 0.1) is 6.92 Å². The van der Waals surface area contributed by atoms with E-state index in [2.05, 4.69) is 22.1 Å². The summed E-state index contributed by atoms with van der Waals surface area (Å²) < 4.78 is 5.77. The van der Waals surface area contributed by atoms with E-state index < -0.39 is 0 Å². The van der Waals surface area contributed by atoms with Crippen molar-refractivity contribution in [3.8, 4) is 0 Å². The van der Waals surface area contributed by atoms with Crippen LogP contribution >= 0.6 is 23.1 Å². The van der Waals surface area contributed by atoms with Gasteiger partial charge in [-0.15, -0.1) is 11.8 Å². The van der Waals surface area contributed by atoms with Crippen molar-refractivity contribution in [3.63, 3.8) is 0 Å². The van der Waals surface area contributed by atoms with Crippen molar-refractivity contribution in [1.29, 1.82) is 0 Å². The molecule has 26 heavy (non-hydrogen) atoms. The summed E-state index contributed by atoms with van der Waals surface area (Å²) in [5.41, 5.74) is 3.68. The van der Waals surface area contributed by atoms with Crippen molar-refractivity contribution in [2.24, 2.45) is 0 Å². The number of hydrogen-bond donors (Lipinski definition) is 1. The van der Waals surface area contributed by atoms with Crippen LogP contribution in [0.3, 0.4) is 0 Å². The van der Waals surface area contributed by atoms with Gasteiger partial charge in [0.25, 0.3) is 5.91 Å². The molecular formula is C21H17NO2S2. The number of fused-ring (bicyclic) bond motifs is 1. The Hall–Kier alpha value is -2.50. The van der Waals surface area contributed by atoms with E-state index in [0.717, 1.165) is 32.9 Å². The molecule has 130 valence electrons. The molecule has 5 heteroatoms. The number of para-hydroxylation sites is 2. The Morgan fingerprint density at radius 2 is 1.92 bits per heavy atom. The summed E-state index contributed by atoms with van der Waals surface area (Å²) in [4.78, 5) is 13.8. The summed E-state index contributed by atoms with van der Waals surface area (Å²) >= 11 is 3.41. The van der Waals surface area contributed by atoms with Gasteiger partial charge in [0.15, 0.2) is 5.76 Å². The minimum atomic E-state index is -0.220. The van der Waals surface area contributed by atoms with E-state index in [1.165, 1.54) is 5.56 Å². The molecule has 1 N–H and O–H groups in total. The van der Waals surface area contributed by atoms with Crippen LogP contribution in [0.5, 0.6) is 0 Å². The van der Waals surface area contributed by atoms with E-state index in [9.17, 15) is 4.79 Å². The van der Waals surface area contributed by atoms with Crippen LogP contribution in [0.2, 0.25) is 0 Å². The van der Waals surface area contributed by atoms with Crippen LogP contribution < -0.4 is 5.32 Å². The summed E-state index contributed by atoms with van der Waals surface area (Å²) in [7, 11) is 0. The van der Waals surface area contributed by atoms with Gasteiger partial charge in [0.05, 0.1) is 5.69 Å². The molecule has 2 heterocycles. The Kier molecular flexibility index (Phi) is 4.82. The Morgan fingerprint density at radius 3 is 2.73 bits per heavy atom. The highest BCUT2D eigenvalue weighted by Gasteiger charge is 2.18. The predicted molar refractivity (Wildman–Crippen MR) is 109 cm³/mol. The molecule has 0 aliphatic rings.